The van der Waals surface area contributed by atoms with Gasteiger partial charge in [0.2, 0.25) is 11.8 Å². The summed E-state index contributed by atoms with van der Waals surface area (Å²) in [5, 5.41) is 6.24. The Morgan fingerprint density at radius 2 is 1.94 bits per heavy atom. The average Bonchev–Trinajstić information content (AvgIpc) is 2.91. The Hall–Kier alpha value is -1.10. The molecule has 0 spiro atoms. The van der Waals surface area contributed by atoms with Gasteiger partial charge in [-0.1, -0.05) is 0 Å². The molecule has 5 heteroatoms. The smallest absolute Gasteiger partial charge is 0.243 e. The molecule has 2 aliphatic heterocycles. The molecule has 18 heavy (non-hydrogen) atoms. The second-order valence-corrected chi connectivity index (χ2v) is 5.62. The van der Waals surface area contributed by atoms with Crippen LogP contribution in [-0.2, 0) is 9.59 Å². The molecule has 2 saturated heterocycles. The molecule has 1 aliphatic carbocycles. The van der Waals surface area contributed by atoms with Crippen molar-refractivity contribution in [2.24, 2.45) is 0 Å². The Labute approximate surface area is 107 Å². The number of carbonyl (C=O) groups is 2. The lowest BCUT2D eigenvalue weighted by atomic mass is 10.1. The number of nitrogens with zero attached hydrogens (tertiary/aromatic N) is 1. The van der Waals surface area contributed by atoms with Crippen molar-refractivity contribution in [2.75, 3.05) is 13.1 Å². The van der Waals surface area contributed by atoms with Crippen molar-refractivity contribution in [2.45, 2.75) is 56.7 Å². The third-order valence-electron chi connectivity index (χ3n) is 4.12. The lowest BCUT2D eigenvalue weighted by Gasteiger charge is -2.26. The fraction of sp³-hybridized carbons (Fsp3) is 0.846. The maximum Gasteiger partial charge on any atom is 0.243 e. The topological polar surface area (TPSA) is 61.4 Å². The minimum absolute atomic E-state index is 0.0562. The van der Waals surface area contributed by atoms with Gasteiger partial charge in [-0.05, 0) is 45.1 Å². The zero-order chi connectivity index (χ0) is 12.5. The first kappa shape index (κ1) is 12.0. The van der Waals surface area contributed by atoms with E-state index in [0.29, 0.717) is 6.04 Å². The van der Waals surface area contributed by atoms with Gasteiger partial charge in [-0.3, -0.25) is 9.59 Å². The SMILES string of the molecule is O=C(NC1CC1)C1CCCN1C(=O)C1CCCN1. The van der Waals surface area contributed by atoms with E-state index in [1.165, 1.54) is 0 Å². The highest BCUT2D eigenvalue weighted by Crippen LogP contribution is 2.23. The number of hydrogen-bond acceptors (Lipinski definition) is 3. The standard InChI is InChI=1S/C13H21N3O2/c17-12(15-9-5-6-9)11-4-2-8-16(11)13(18)10-3-1-7-14-10/h9-11,14H,1-8H2,(H,15,17). The van der Waals surface area contributed by atoms with Crippen molar-refractivity contribution in [3.63, 3.8) is 0 Å². The zero-order valence-corrected chi connectivity index (χ0v) is 10.7. The quantitative estimate of drug-likeness (QED) is 0.742. The van der Waals surface area contributed by atoms with Crippen LogP contribution in [0.1, 0.15) is 38.5 Å². The molecule has 2 atom stereocenters. The molecule has 5 nitrogen and oxygen atoms in total. The molecule has 2 heterocycles. The molecule has 3 aliphatic rings. The van der Waals surface area contributed by atoms with Crippen LogP contribution in [0.25, 0.3) is 0 Å². The van der Waals surface area contributed by atoms with E-state index in [2.05, 4.69) is 10.6 Å². The van der Waals surface area contributed by atoms with Crippen molar-refractivity contribution in [1.82, 2.24) is 15.5 Å². The first-order valence-electron chi connectivity index (χ1n) is 7.10. The number of carbonyl (C=O) groups excluding carboxylic acids is 2. The van der Waals surface area contributed by atoms with Gasteiger partial charge in [0.1, 0.15) is 6.04 Å². The fourth-order valence-corrected chi connectivity index (χ4v) is 2.92. The lowest BCUT2D eigenvalue weighted by molar-refractivity contribution is -0.139. The van der Waals surface area contributed by atoms with Crippen molar-refractivity contribution < 1.29 is 9.59 Å². The Bertz CT molecular complexity index is 348. The van der Waals surface area contributed by atoms with Gasteiger partial charge in [0.25, 0.3) is 0 Å². The van der Waals surface area contributed by atoms with Crippen molar-refractivity contribution >= 4 is 11.8 Å². The number of amides is 2. The summed E-state index contributed by atoms with van der Waals surface area (Å²) in [7, 11) is 0. The van der Waals surface area contributed by atoms with Crippen LogP contribution in [0.2, 0.25) is 0 Å². The number of rotatable bonds is 3. The first-order chi connectivity index (χ1) is 8.75. The largest absolute Gasteiger partial charge is 0.352 e. The van der Waals surface area contributed by atoms with Crippen LogP contribution >= 0.6 is 0 Å². The highest BCUT2D eigenvalue weighted by atomic mass is 16.2. The molecule has 0 bridgehead atoms. The molecule has 3 rings (SSSR count). The highest BCUT2D eigenvalue weighted by molar-refractivity contribution is 5.90. The second-order valence-electron chi connectivity index (χ2n) is 5.62. The summed E-state index contributed by atoms with van der Waals surface area (Å²) < 4.78 is 0. The monoisotopic (exact) mass is 251 g/mol. The van der Waals surface area contributed by atoms with Gasteiger partial charge in [0, 0.05) is 12.6 Å². The van der Waals surface area contributed by atoms with Crippen LogP contribution in [0.4, 0.5) is 0 Å². The zero-order valence-electron chi connectivity index (χ0n) is 10.7. The summed E-state index contributed by atoms with van der Waals surface area (Å²) in [6.45, 7) is 1.66. The average molecular weight is 251 g/mol. The molecule has 100 valence electrons. The second kappa shape index (κ2) is 4.88. The van der Waals surface area contributed by atoms with Crippen LogP contribution in [-0.4, -0.2) is 47.9 Å². The summed E-state index contributed by atoms with van der Waals surface area (Å²) in [6.07, 6.45) is 5.92. The van der Waals surface area contributed by atoms with Gasteiger partial charge in [0.05, 0.1) is 6.04 Å². The molecule has 3 fully saturated rings. The Kier molecular flexibility index (Phi) is 3.24. The summed E-state index contributed by atoms with van der Waals surface area (Å²) >= 11 is 0. The van der Waals surface area contributed by atoms with E-state index < -0.39 is 0 Å². The molecular weight excluding hydrogens is 230 g/mol. The van der Waals surface area contributed by atoms with Gasteiger partial charge in [0.15, 0.2) is 0 Å². The Morgan fingerprint density at radius 1 is 1.11 bits per heavy atom. The van der Waals surface area contributed by atoms with Gasteiger partial charge in [-0.25, -0.2) is 0 Å². The highest BCUT2D eigenvalue weighted by Gasteiger charge is 2.39. The third kappa shape index (κ3) is 2.36. The van der Waals surface area contributed by atoms with Crippen LogP contribution in [0.15, 0.2) is 0 Å². The van der Waals surface area contributed by atoms with E-state index in [9.17, 15) is 9.59 Å². The van der Waals surface area contributed by atoms with Gasteiger partial charge in [-0.2, -0.15) is 0 Å². The Balaban J connectivity index is 1.62. The molecule has 2 N–H and O–H groups in total. The van der Waals surface area contributed by atoms with Crippen LogP contribution in [0.3, 0.4) is 0 Å². The van der Waals surface area contributed by atoms with Gasteiger partial charge < -0.3 is 15.5 Å². The maximum absolute atomic E-state index is 12.3. The number of hydrogen-bond donors (Lipinski definition) is 2. The van der Waals surface area contributed by atoms with Gasteiger partial charge >= 0.3 is 0 Å². The summed E-state index contributed by atoms with van der Waals surface area (Å²) in [5.74, 6) is 0.183. The normalized spacial score (nSPS) is 31.7. The van der Waals surface area contributed by atoms with E-state index in [4.69, 9.17) is 0 Å². The van der Waals surface area contributed by atoms with Gasteiger partial charge in [-0.15, -0.1) is 0 Å². The molecule has 0 radical (unpaired) electrons. The number of nitrogens with one attached hydrogen (secondary N) is 2. The van der Waals surface area contributed by atoms with Crippen molar-refractivity contribution in [3.05, 3.63) is 0 Å². The molecule has 2 unspecified atom stereocenters. The first-order valence-corrected chi connectivity index (χ1v) is 7.10. The van der Waals surface area contributed by atoms with E-state index in [0.717, 1.165) is 51.6 Å². The van der Waals surface area contributed by atoms with Crippen LogP contribution in [0, 0.1) is 0 Å². The maximum atomic E-state index is 12.3. The molecule has 2 amide bonds. The minimum Gasteiger partial charge on any atom is -0.352 e. The van der Waals surface area contributed by atoms with E-state index in [1.54, 1.807) is 4.90 Å². The molecular formula is C13H21N3O2. The van der Waals surface area contributed by atoms with E-state index >= 15 is 0 Å². The van der Waals surface area contributed by atoms with Crippen molar-refractivity contribution in [1.29, 1.82) is 0 Å². The molecule has 1 saturated carbocycles. The molecule has 0 aromatic heterocycles. The third-order valence-corrected chi connectivity index (χ3v) is 4.12. The molecule has 0 aromatic rings. The summed E-state index contributed by atoms with van der Waals surface area (Å²) in [6, 6.07) is 0.0967. The van der Waals surface area contributed by atoms with Crippen molar-refractivity contribution in [3.8, 4) is 0 Å². The summed E-state index contributed by atoms with van der Waals surface area (Å²) in [5.41, 5.74) is 0. The predicted octanol–water partition coefficient (Wildman–Crippen LogP) is 0.00800. The molecule has 0 aromatic carbocycles. The van der Waals surface area contributed by atoms with Crippen LogP contribution in [0.5, 0.6) is 0 Å². The Morgan fingerprint density at radius 3 is 2.61 bits per heavy atom. The van der Waals surface area contributed by atoms with E-state index in [-0.39, 0.29) is 23.9 Å². The lowest BCUT2D eigenvalue weighted by Crippen LogP contribution is -2.51. The van der Waals surface area contributed by atoms with Crippen LogP contribution < -0.4 is 10.6 Å². The fourth-order valence-electron chi connectivity index (χ4n) is 2.92. The van der Waals surface area contributed by atoms with E-state index in [1.807, 2.05) is 0 Å². The summed E-state index contributed by atoms with van der Waals surface area (Å²) in [4.78, 5) is 26.2. The number of likely N-dealkylation sites (tertiary alicyclic amines) is 1. The minimum atomic E-state index is -0.222. The predicted molar refractivity (Wildman–Crippen MR) is 66.9 cm³/mol.